The predicted octanol–water partition coefficient (Wildman–Crippen LogP) is 6.36. The van der Waals surface area contributed by atoms with Crippen LogP contribution in [0, 0.1) is 12.8 Å². The van der Waals surface area contributed by atoms with Crippen LogP contribution in [0.3, 0.4) is 0 Å². The number of hydrogen-bond donors (Lipinski definition) is 2. The molecule has 0 spiro atoms. The van der Waals surface area contributed by atoms with E-state index < -0.39 is 0 Å². The zero-order valence-electron chi connectivity index (χ0n) is 17.7. The van der Waals surface area contributed by atoms with Crippen molar-refractivity contribution >= 4 is 44.9 Å². The maximum absolute atomic E-state index is 12.9. The molecule has 2 atom stereocenters. The largest absolute Gasteiger partial charge is 0.459 e. The molecule has 166 valence electrons. The maximum Gasteiger partial charge on any atom is 0.292 e. The van der Waals surface area contributed by atoms with Crippen LogP contribution in [-0.2, 0) is 4.79 Å². The third-order valence-electron chi connectivity index (χ3n) is 5.58. The highest BCUT2D eigenvalue weighted by Gasteiger charge is 2.44. The number of carbonyl (C=O) groups is 2. The molecule has 1 aliphatic carbocycles. The van der Waals surface area contributed by atoms with Crippen LogP contribution in [0.15, 0.2) is 71.3 Å². The Morgan fingerprint density at radius 2 is 1.82 bits per heavy atom. The lowest BCUT2D eigenvalue weighted by atomic mass is 10.1. The molecule has 1 saturated carbocycles. The number of aryl methyl sites for hydroxylation is 1. The van der Waals surface area contributed by atoms with E-state index in [1.165, 1.54) is 17.6 Å². The summed E-state index contributed by atoms with van der Waals surface area (Å²) in [5.74, 6) is -0.188. The summed E-state index contributed by atoms with van der Waals surface area (Å²) in [5.41, 5.74) is 3.66. The van der Waals surface area contributed by atoms with Gasteiger partial charge in [-0.15, -0.1) is 0 Å². The highest BCUT2D eigenvalue weighted by molar-refractivity contribution is 7.20. The second-order valence-corrected chi connectivity index (χ2v) is 9.42. The average Bonchev–Trinajstić information content (AvgIpc) is 3.22. The Hall–Kier alpha value is -3.42. The molecule has 4 aromatic rings. The van der Waals surface area contributed by atoms with Crippen molar-refractivity contribution in [3.63, 3.8) is 0 Å². The number of benzene rings is 2. The molecule has 2 heterocycles. The third-order valence-corrected chi connectivity index (χ3v) is 6.72. The molecule has 1 aliphatic rings. The van der Waals surface area contributed by atoms with Crippen molar-refractivity contribution in [1.82, 2.24) is 4.98 Å². The van der Waals surface area contributed by atoms with Crippen molar-refractivity contribution in [3.05, 3.63) is 88.8 Å². The summed E-state index contributed by atoms with van der Waals surface area (Å²) >= 11 is 7.19. The zero-order chi connectivity index (χ0) is 22.9. The van der Waals surface area contributed by atoms with Gasteiger partial charge in [-0.1, -0.05) is 64.9 Å². The Kier molecular flexibility index (Phi) is 5.74. The molecule has 0 bridgehead atoms. The van der Waals surface area contributed by atoms with Crippen LogP contribution < -0.4 is 10.6 Å². The number of anilines is 2. The van der Waals surface area contributed by atoms with E-state index in [9.17, 15) is 9.59 Å². The number of carbonyl (C=O) groups excluding carboxylic acids is 2. The quantitative estimate of drug-likeness (QED) is 0.338. The number of aromatic nitrogens is 1. The van der Waals surface area contributed by atoms with Gasteiger partial charge in [-0.2, -0.15) is 0 Å². The van der Waals surface area contributed by atoms with E-state index in [4.69, 9.17) is 16.0 Å². The molecule has 6 nitrogen and oxygen atoms in total. The normalized spacial score (nSPS) is 16.9. The minimum absolute atomic E-state index is 0.0805. The van der Waals surface area contributed by atoms with Gasteiger partial charge in [0.2, 0.25) is 5.91 Å². The number of rotatable bonds is 6. The molecule has 2 aromatic carbocycles. The number of nitrogens with one attached hydrogen (secondary N) is 2. The summed E-state index contributed by atoms with van der Waals surface area (Å²) in [4.78, 5) is 30.1. The van der Waals surface area contributed by atoms with Crippen molar-refractivity contribution < 1.29 is 14.0 Å². The van der Waals surface area contributed by atoms with Crippen molar-refractivity contribution in [1.29, 1.82) is 0 Å². The Morgan fingerprint density at radius 3 is 2.52 bits per heavy atom. The molecule has 5 rings (SSSR count). The summed E-state index contributed by atoms with van der Waals surface area (Å²) < 4.78 is 5.20. The molecule has 0 aliphatic heterocycles. The summed E-state index contributed by atoms with van der Waals surface area (Å²) in [6.07, 6.45) is 2.23. The van der Waals surface area contributed by atoms with E-state index in [1.807, 2.05) is 55.5 Å². The molecule has 2 N–H and O–H groups in total. The van der Waals surface area contributed by atoms with Crippen LogP contribution in [-0.4, -0.2) is 16.8 Å². The summed E-state index contributed by atoms with van der Waals surface area (Å²) in [6, 6.07) is 18.7. The second kappa shape index (κ2) is 8.84. The lowest BCUT2D eigenvalue weighted by Gasteiger charge is -2.04. The molecule has 2 amide bonds. The Bertz CT molecular complexity index is 1300. The fourth-order valence-electron chi connectivity index (χ4n) is 3.70. The summed E-state index contributed by atoms with van der Waals surface area (Å²) in [5, 5.41) is 7.45. The number of hydrogen-bond acceptors (Lipinski definition) is 5. The fourth-order valence-corrected chi connectivity index (χ4v) is 4.71. The minimum Gasteiger partial charge on any atom is -0.459 e. The van der Waals surface area contributed by atoms with Gasteiger partial charge >= 0.3 is 0 Å². The highest BCUT2D eigenvalue weighted by Crippen LogP contribution is 2.48. The number of nitrogens with zero attached hydrogens (tertiary/aromatic N) is 1. The van der Waals surface area contributed by atoms with Crippen LogP contribution in [0.1, 0.15) is 34.0 Å². The van der Waals surface area contributed by atoms with Gasteiger partial charge < -0.3 is 15.1 Å². The smallest absolute Gasteiger partial charge is 0.292 e. The maximum atomic E-state index is 12.9. The SMILES string of the molecule is Cc1ccc(-c2nc(NC(=O)C3CC3c3ccc(Cl)cc3)sc2NC(=O)c2ccco2)cc1. The number of amides is 2. The van der Waals surface area contributed by atoms with Gasteiger partial charge in [0, 0.05) is 16.5 Å². The van der Waals surface area contributed by atoms with Crippen molar-refractivity contribution in [2.45, 2.75) is 19.3 Å². The molecular formula is C25H20ClN3O3S. The first-order valence-electron chi connectivity index (χ1n) is 10.5. The van der Waals surface area contributed by atoms with Gasteiger partial charge in [0.15, 0.2) is 10.9 Å². The highest BCUT2D eigenvalue weighted by atomic mass is 35.5. The topological polar surface area (TPSA) is 84.2 Å². The first-order valence-corrected chi connectivity index (χ1v) is 11.7. The van der Waals surface area contributed by atoms with E-state index in [-0.39, 0.29) is 29.4 Å². The second-order valence-electron chi connectivity index (χ2n) is 7.98. The zero-order valence-corrected chi connectivity index (χ0v) is 19.2. The van der Waals surface area contributed by atoms with E-state index in [1.54, 1.807) is 12.1 Å². The molecule has 8 heteroatoms. The fraction of sp³-hybridized carbons (Fsp3) is 0.160. The van der Waals surface area contributed by atoms with Gasteiger partial charge in [0.05, 0.1) is 6.26 Å². The molecule has 0 saturated heterocycles. The molecule has 2 aromatic heterocycles. The van der Waals surface area contributed by atoms with Gasteiger partial charge in [0.25, 0.3) is 5.91 Å². The first-order chi connectivity index (χ1) is 16.0. The minimum atomic E-state index is -0.375. The van der Waals surface area contributed by atoms with Crippen LogP contribution in [0.25, 0.3) is 11.3 Å². The van der Waals surface area contributed by atoms with Crippen LogP contribution in [0.4, 0.5) is 10.1 Å². The van der Waals surface area contributed by atoms with Gasteiger partial charge in [-0.05, 0) is 49.1 Å². The number of thiazole rings is 1. The van der Waals surface area contributed by atoms with Gasteiger partial charge in [-0.25, -0.2) is 4.98 Å². The molecule has 1 fully saturated rings. The van der Waals surface area contributed by atoms with Crippen LogP contribution in [0.2, 0.25) is 5.02 Å². The monoisotopic (exact) mass is 477 g/mol. The Labute approximate surface area is 199 Å². The van der Waals surface area contributed by atoms with E-state index in [2.05, 4.69) is 15.6 Å². The van der Waals surface area contributed by atoms with Gasteiger partial charge in [-0.3, -0.25) is 9.59 Å². The standard InChI is InChI=1S/C25H20ClN3O3S/c1-14-4-6-16(7-5-14)21-24(28-23(31)20-3-2-12-32-20)33-25(27-21)29-22(30)19-13-18(19)15-8-10-17(26)11-9-15/h2-12,18-19H,13H2,1H3,(H,28,31)(H,27,29,30). The lowest BCUT2D eigenvalue weighted by Crippen LogP contribution is -2.14. The van der Waals surface area contributed by atoms with Crippen molar-refractivity contribution in [3.8, 4) is 11.3 Å². The summed E-state index contributed by atoms with van der Waals surface area (Å²) in [7, 11) is 0. The molecular weight excluding hydrogens is 458 g/mol. The molecule has 33 heavy (non-hydrogen) atoms. The van der Waals surface area contributed by atoms with Crippen LogP contribution in [0.5, 0.6) is 0 Å². The van der Waals surface area contributed by atoms with Crippen molar-refractivity contribution in [2.75, 3.05) is 10.6 Å². The van der Waals surface area contributed by atoms with Crippen LogP contribution >= 0.6 is 22.9 Å². The molecule has 0 radical (unpaired) electrons. The van der Waals surface area contributed by atoms with E-state index >= 15 is 0 Å². The van der Waals surface area contributed by atoms with E-state index in [0.717, 1.165) is 23.1 Å². The summed E-state index contributed by atoms with van der Waals surface area (Å²) in [6.45, 7) is 2.00. The third kappa shape index (κ3) is 4.69. The average molecular weight is 478 g/mol. The number of furan rings is 1. The first kappa shape index (κ1) is 21.4. The van der Waals surface area contributed by atoms with E-state index in [0.29, 0.717) is 20.8 Å². The number of halogens is 1. The van der Waals surface area contributed by atoms with Gasteiger partial charge in [0.1, 0.15) is 10.7 Å². The van der Waals surface area contributed by atoms with Crippen molar-refractivity contribution in [2.24, 2.45) is 5.92 Å². The Balaban J connectivity index is 1.36. The lowest BCUT2D eigenvalue weighted by molar-refractivity contribution is -0.117. The predicted molar refractivity (Wildman–Crippen MR) is 130 cm³/mol. The Morgan fingerprint density at radius 1 is 1.06 bits per heavy atom. The molecule has 2 unspecified atom stereocenters.